The number of rotatable bonds is 3. The molecule has 0 bridgehead atoms. The number of benzene rings is 1. The number of amides is 1. The Kier molecular flexibility index (Phi) is 3.99. The molecule has 0 aliphatic heterocycles. The van der Waals surface area contributed by atoms with Gasteiger partial charge in [-0.3, -0.25) is 14.9 Å². The van der Waals surface area contributed by atoms with E-state index < -0.39 is 22.3 Å². The predicted octanol–water partition coefficient (Wildman–Crippen LogP) is 2.62. The van der Waals surface area contributed by atoms with Crippen LogP contribution in [0.15, 0.2) is 30.3 Å². The Morgan fingerprint density at radius 3 is 2.76 bits per heavy atom. The van der Waals surface area contributed by atoms with Gasteiger partial charge in [-0.05, 0) is 18.2 Å². The molecule has 2 rings (SSSR count). The summed E-state index contributed by atoms with van der Waals surface area (Å²) in [5.74, 6) is -1.53. The molecule has 0 saturated heterocycles. The molecule has 1 aromatic carbocycles. The number of nitro benzene ring substituents is 1. The molecule has 0 aliphatic carbocycles. The maximum absolute atomic E-state index is 13.3. The number of halogens is 2. The summed E-state index contributed by atoms with van der Waals surface area (Å²) in [6.45, 7) is 0. The van der Waals surface area contributed by atoms with E-state index in [1.165, 1.54) is 12.1 Å². The van der Waals surface area contributed by atoms with Crippen molar-refractivity contribution in [2.24, 2.45) is 0 Å². The molecule has 0 aliphatic rings. The van der Waals surface area contributed by atoms with Crippen LogP contribution in [0, 0.1) is 15.9 Å². The lowest BCUT2D eigenvalue weighted by atomic mass is 10.2. The lowest BCUT2D eigenvalue weighted by molar-refractivity contribution is -0.385. The number of non-ortho nitro benzene ring substituents is 1. The number of nitro groups is 1. The van der Waals surface area contributed by atoms with Crippen molar-refractivity contribution in [1.82, 2.24) is 4.98 Å². The minimum atomic E-state index is -0.855. The average molecular weight is 311 g/mol. The molecule has 1 aromatic heterocycles. The number of nitrogen functional groups attached to an aromatic ring is 1. The number of pyridine rings is 1. The average Bonchev–Trinajstić information content (AvgIpc) is 2.40. The van der Waals surface area contributed by atoms with Gasteiger partial charge in [0.15, 0.2) is 0 Å². The topological polar surface area (TPSA) is 111 Å². The lowest BCUT2D eigenvalue weighted by Crippen LogP contribution is -2.15. The minimum Gasteiger partial charge on any atom is -0.384 e. The molecule has 0 fully saturated rings. The third-order valence-electron chi connectivity index (χ3n) is 2.43. The summed E-state index contributed by atoms with van der Waals surface area (Å²) < 4.78 is 13.3. The smallest absolute Gasteiger partial charge is 0.275 e. The number of hydrogen-bond acceptors (Lipinski definition) is 5. The van der Waals surface area contributed by atoms with Gasteiger partial charge >= 0.3 is 0 Å². The van der Waals surface area contributed by atoms with Crippen LogP contribution in [0.5, 0.6) is 0 Å². The number of aromatic nitrogens is 1. The van der Waals surface area contributed by atoms with Crippen molar-refractivity contribution in [2.45, 2.75) is 0 Å². The van der Waals surface area contributed by atoms with E-state index in [9.17, 15) is 19.3 Å². The largest absolute Gasteiger partial charge is 0.384 e. The van der Waals surface area contributed by atoms with E-state index in [1.807, 2.05) is 0 Å². The van der Waals surface area contributed by atoms with Crippen LogP contribution in [0.4, 0.5) is 21.6 Å². The summed E-state index contributed by atoms with van der Waals surface area (Å²) in [5, 5.41) is 13.0. The van der Waals surface area contributed by atoms with E-state index in [-0.39, 0.29) is 22.2 Å². The van der Waals surface area contributed by atoms with Gasteiger partial charge < -0.3 is 11.1 Å². The molecule has 108 valence electrons. The van der Waals surface area contributed by atoms with Gasteiger partial charge in [0.05, 0.1) is 21.7 Å². The number of hydrogen-bond donors (Lipinski definition) is 2. The highest BCUT2D eigenvalue weighted by Gasteiger charge is 2.16. The zero-order valence-corrected chi connectivity index (χ0v) is 11.1. The van der Waals surface area contributed by atoms with Crippen LogP contribution >= 0.6 is 11.6 Å². The van der Waals surface area contributed by atoms with Crippen molar-refractivity contribution in [1.29, 1.82) is 0 Å². The number of nitrogens with one attached hydrogen (secondary N) is 1. The molecular formula is C12H8ClFN4O3. The second-order valence-corrected chi connectivity index (χ2v) is 4.38. The van der Waals surface area contributed by atoms with Gasteiger partial charge in [-0.15, -0.1) is 0 Å². The van der Waals surface area contributed by atoms with Crippen molar-refractivity contribution < 1.29 is 14.1 Å². The maximum Gasteiger partial charge on any atom is 0.275 e. The molecular weight excluding hydrogens is 303 g/mol. The normalized spacial score (nSPS) is 10.2. The van der Waals surface area contributed by atoms with E-state index in [0.717, 1.165) is 18.2 Å². The fraction of sp³-hybridized carbons (Fsp3) is 0. The van der Waals surface area contributed by atoms with Crippen LogP contribution in [0.3, 0.4) is 0 Å². The van der Waals surface area contributed by atoms with E-state index >= 15 is 0 Å². The number of carbonyl (C=O) groups excluding carboxylic acids is 1. The SMILES string of the molecule is Nc1ccc(Cl)c(C(=O)Nc2cc(F)cc([N+](=O)[O-])c2)n1. The second-order valence-electron chi connectivity index (χ2n) is 3.98. The highest BCUT2D eigenvalue weighted by molar-refractivity contribution is 6.34. The van der Waals surface area contributed by atoms with E-state index in [1.54, 1.807) is 0 Å². The van der Waals surface area contributed by atoms with Crippen molar-refractivity contribution in [3.05, 3.63) is 57.0 Å². The number of carbonyl (C=O) groups is 1. The molecule has 1 amide bonds. The lowest BCUT2D eigenvalue weighted by Gasteiger charge is -2.07. The van der Waals surface area contributed by atoms with Crippen molar-refractivity contribution in [2.75, 3.05) is 11.1 Å². The Bertz CT molecular complexity index is 738. The van der Waals surface area contributed by atoms with Crippen molar-refractivity contribution >= 4 is 34.7 Å². The van der Waals surface area contributed by atoms with E-state index in [2.05, 4.69) is 10.3 Å². The van der Waals surface area contributed by atoms with Crippen LogP contribution < -0.4 is 11.1 Å². The zero-order chi connectivity index (χ0) is 15.6. The number of nitrogens with zero attached hydrogens (tertiary/aromatic N) is 2. The Hall–Kier alpha value is -2.74. The third-order valence-corrected chi connectivity index (χ3v) is 2.74. The summed E-state index contributed by atoms with van der Waals surface area (Å²) >= 11 is 5.81. The summed E-state index contributed by atoms with van der Waals surface area (Å²) in [5.41, 5.74) is 4.70. The monoisotopic (exact) mass is 310 g/mol. The van der Waals surface area contributed by atoms with Gasteiger partial charge in [-0.2, -0.15) is 0 Å². The molecule has 3 N–H and O–H groups in total. The van der Waals surface area contributed by atoms with E-state index in [0.29, 0.717) is 0 Å². The molecule has 21 heavy (non-hydrogen) atoms. The molecule has 1 heterocycles. The standard InChI is InChI=1S/C12H8ClFN4O3/c13-9-1-2-10(15)17-11(9)12(19)16-7-3-6(14)4-8(5-7)18(20)21/h1-5H,(H2,15,17)(H,16,19). The number of nitrogens with two attached hydrogens (primary N) is 1. The minimum absolute atomic E-state index is 0.0487. The third kappa shape index (κ3) is 3.42. The molecule has 0 unspecified atom stereocenters. The highest BCUT2D eigenvalue weighted by atomic mass is 35.5. The molecule has 0 saturated carbocycles. The first kappa shape index (κ1) is 14.7. The second kappa shape index (κ2) is 5.71. The Labute approximate surface area is 122 Å². The fourth-order valence-corrected chi connectivity index (χ4v) is 1.75. The molecule has 0 atom stereocenters. The van der Waals surface area contributed by atoms with Crippen LogP contribution in [0.2, 0.25) is 5.02 Å². The van der Waals surface area contributed by atoms with Crippen molar-refractivity contribution in [3.63, 3.8) is 0 Å². The molecule has 2 aromatic rings. The maximum atomic E-state index is 13.3. The Morgan fingerprint density at radius 2 is 2.10 bits per heavy atom. The van der Waals surface area contributed by atoms with Crippen LogP contribution in [-0.4, -0.2) is 15.8 Å². The molecule has 9 heteroatoms. The number of anilines is 2. The van der Waals surface area contributed by atoms with Gasteiger partial charge in [0, 0.05) is 6.07 Å². The summed E-state index contributed by atoms with van der Waals surface area (Å²) in [4.78, 5) is 25.6. The Balaban J connectivity index is 2.31. The first-order chi connectivity index (χ1) is 9.86. The van der Waals surface area contributed by atoms with Gasteiger partial charge in [0.25, 0.3) is 11.6 Å². The van der Waals surface area contributed by atoms with Gasteiger partial charge in [0.1, 0.15) is 17.3 Å². The fourth-order valence-electron chi connectivity index (χ4n) is 1.56. The van der Waals surface area contributed by atoms with E-state index in [4.69, 9.17) is 17.3 Å². The molecule has 0 radical (unpaired) electrons. The van der Waals surface area contributed by atoms with Gasteiger partial charge in [-0.25, -0.2) is 9.37 Å². The quantitative estimate of drug-likeness (QED) is 0.668. The van der Waals surface area contributed by atoms with Crippen molar-refractivity contribution in [3.8, 4) is 0 Å². The molecule has 7 nitrogen and oxygen atoms in total. The van der Waals surface area contributed by atoms with Gasteiger partial charge in [-0.1, -0.05) is 11.6 Å². The first-order valence-electron chi connectivity index (χ1n) is 5.55. The van der Waals surface area contributed by atoms with Crippen LogP contribution in [-0.2, 0) is 0 Å². The van der Waals surface area contributed by atoms with Crippen LogP contribution in [0.1, 0.15) is 10.5 Å². The Morgan fingerprint density at radius 1 is 1.38 bits per heavy atom. The molecule has 0 spiro atoms. The highest BCUT2D eigenvalue weighted by Crippen LogP contribution is 2.22. The predicted molar refractivity (Wildman–Crippen MR) is 74.7 cm³/mol. The zero-order valence-electron chi connectivity index (χ0n) is 10.3. The summed E-state index contributed by atoms with van der Waals surface area (Å²) in [6.07, 6.45) is 0. The first-order valence-corrected chi connectivity index (χ1v) is 5.93. The summed E-state index contributed by atoms with van der Waals surface area (Å²) in [7, 11) is 0. The summed E-state index contributed by atoms with van der Waals surface area (Å²) in [6, 6.07) is 5.48. The van der Waals surface area contributed by atoms with Crippen LogP contribution in [0.25, 0.3) is 0 Å². The van der Waals surface area contributed by atoms with Gasteiger partial charge in [0.2, 0.25) is 0 Å².